The van der Waals surface area contributed by atoms with Crippen molar-refractivity contribution in [2.75, 3.05) is 0 Å². The van der Waals surface area contributed by atoms with E-state index in [2.05, 4.69) is 21.4 Å². The fraction of sp³-hybridized carbons (Fsp3) is 0.643. The zero-order valence-electron chi connectivity index (χ0n) is 23.5. The van der Waals surface area contributed by atoms with Crippen LogP contribution < -0.4 is 21.4 Å². The van der Waals surface area contributed by atoms with E-state index in [0.717, 1.165) is 18.4 Å². The van der Waals surface area contributed by atoms with Crippen LogP contribution in [0, 0.1) is 0 Å². The second-order valence-electron chi connectivity index (χ2n) is 12.2. The summed E-state index contributed by atoms with van der Waals surface area (Å²) in [5.41, 5.74) is -1.49. The number of rotatable bonds is 2. The van der Waals surface area contributed by atoms with Crippen LogP contribution >= 0.6 is 0 Å². The number of hydrogen-bond donors (Lipinski definition) is 4. The number of esters is 1. The van der Waals surface area contributed by atoms with Crippen molar-refractivity contribution in [3.63, 3.8) is 0 Å². The van der Waals surface area contributed by atoms with Gasteiger partial charge >= 0.3 is 5.97 Å². The molecule has 1 aliphatic carbocycles. The number of carbonyl (C=O) groups excluding carboxylic acids is 4. The fourth-order valence-electron chi connectivity index (χ4n) is 4.46. The number of hydroxylamine groups is 1. The predicted molar refractivity (Wildman–Crippen MR) is 142 cm³/mol. The predicted octanol–water partition coefficient (Wildman–Crippen LogP) is 2.06. The van der Waals surface area contributed by atoms with Gasteiger partial charge in [-0.25, -0.2) is 4.79 Å². The first-order valence-electron chi connectivity index (χ1n) is 13.2. The first kappa shape index (κ1) is 29.6. The second-order valence-corrected chi connectivity index (χ2v) is 12.2. The van der Waals surface area contributed by atoms with Crippen molar-refractivity contribution in [3.8, 4) is 0 Å². The van der Waals surface area contributed by atoms with E-state index in [4.69, 9.17) is 9.57 Å². The Bertz CT molecular complexity index is 1050. The van der Waals surface area contributed by atoms with Crippen molar-refractivity contribution in [2.45, 2.75) is 115 Å². The normalized spacial score (nSPS) is 30.2. The Morgan fingerprint density at radius 1 is 0.711 bits per heavy atom. The monoisotopic (exact) mass is 530 g/mol. The van der Waals surface area contributed by atoms with Crippen LogP contribution in [0.5, 0.6) is 0 Å². The maximum Gasteiger partial charge on any atom is 0.331 e. The molecule has 1 heterocycles. The van der Waals surface area contributed by atoms with Crippen LogP contribution in [0.1, 0.15) is 79.7 Å². The molecule has 1 aliphatic heterocycles. The number of fused-ring (bicyclic) bond motifs is 1. The van der Waals surface area contributed by atoms with Crippen molar-refractivity contribution < 1.29 is 28.8 Å². The van der Waals surface area contributed by atoms with Gasteiger partial charge in [0.15, 0.2) is 0 Å². The molecule has 10 heteroatoms. The van der Waals surface area contributed by atoms with Gasteiger partial charge in [-0.3, -0.25) is 19.2 Å². The molecular formula is C28H42N4O6. The molecule has 0 spiro atoms. The third kappa shape index (κ3) is 6.91. The average Bonchev–Trinajstić information content (AvgIpc) is 2.82. The summed E-state index contributed by atoms with van der Waals surface area (Å²) in [4.78, 5) is 59.4. The van der Waals surface area contributed by atoms with Crippen molar-refractivity contribution in [2.24, 2.45) is 0 Å². The maximum absolute atomic E-state index is 13.7. The van der Waals surface area contributed by atoms with Crippen molar-refractivity contribution in [1.29, 1.82) is 0 Å². The molecule has 2 fully saturated rings. The summed E-state index contributed by atoms with van der Waals surface area (Å²) in [5, 5.41) is 8.24. The standard InChI is InChI=1S/C28H42N4O6/c1-25(2)22(34)30-27(5,6)24(36)37-19-15-11-12-16-20(19)38-32-28(7,17-18-13-9-8-10-14-18)23(35)31-26(3,4)21(33)29-25/h8-10,13-14,19-20,32H,11-12,15-17H2,1-7H3,(H,29,33)(H,30,34)(H,31,35)/t19-,20-,28+/m0/s1. The molecule has 2 aliphatic rings. The topological polar surface area (TPSA) is 135 Å². The molecule has 3 rings (SSSR count). The summed E-state index contributed by atoms with van der Waals surface area (Å²) in [6.07, 6.45) is 2.18. The minimum atomic E-state index is -1.38. The fourth-order valence-corrected chi connectivity index (χ4v) is 4.46. The molecule has 10 nitrogen and oxygen atoms in total. The average molecular weight is 531 g/mol. The smallest absolute Gasteiger partial charge is 0.331 e. The lowest BCUT2D eigenvalue weighted by Crippen LogP contribution is -2.68. The molecule has 1 aromatic carbocycles. The van der Waals surface area contributed by atoms with Gasteiger partial charge in [0.1, 0.15) is 34.4 Å². The van der Waals surface area contributed by atoms with Crippen LogP contribution in [0.15, 0.2) is 30.3 Å². The molecule has 0 radical (unpaired) electrons. The third-order valence-electron chi connectivity index (χ3n) is 7.16. The Labute approximate surface area is 224 Å². The molecule has 38 heavy (non-hydrogen) atoms. The maximum atomic E-state index is 13.7. The molecule has 3 atom stereocenters. The van der Waals surface area contributed by atoms with Gasteiger partial charge < -0.3 is 20.7 Å². The summed E-state index contributed by atoms with van der Waals surface area (Å²) in [7, 11) is 0. The van der Waals surface area contributed by atoms with Gasteiger partial charge in [-0.1, -0.05) is 36.8 Å². The molecule has 1 saturated carbocycles. The van der Waals surface area contributed by atoms with Gasteiger partial charge in [0.25, 0.3) is 0 Å². The number of hydrogen-bond acceptors (Lipinski definition) is 7. The highest BCUT2D eigenvalue weighted by Gasteiger charge is 2.45. The third-order valence-corrected chi connectivity index (χ3v) is 7.16. The molecule has 4 N–H and O–H groups in total. The van der Waals surface area contributed by atoms with Gasteiger partial charge in [-0.15, -0.1) is 0 Å². The lowest BCUT2D eigenvalue weighted by molar-refractivity contribution is -0.181. The zero-order valence-corrected chi connectivity index (χ0v) is 23.5. The van der Waals surface area contributed by atoms with E-state index in [1.165, 1.54) is 13.8 Å². The first-order valence-corrected chi connectivity index (χ1v) is 13.2. The number of amides is 3. The van der Waals surface area contributed by atoms with E-state index in [-0.39, 0.29) is 6.42 Å². The minimum Gasteiger partial charge on any atom is -0.458 e. The van der Waals surface area contributed by atoms with Gasteiger partial charge in [0, 0.05) is 6.42 Å². The lowest BCUT2D eigenvalue weighted by atomic mass is 9.90. The molecule has 0 aromatic heterocycles. The van der Waals surface area contributed by atoms with Gasteiger partial charge in [0.2, 0.25) is 17.7 Å². The van der Waals surface area contributed by atoms with E-state index >= 15 is 0 Å². The largest absolute Gasteiger partial charge is 0.458 e. The van der Waals surface area contributed by atoms with E-state index < -0.39 is 58.1 Å². The summed E-state index contributed by atoms with van der Waals surface area (Å²) in [6, 6.07) is 9.48. The highest BCUT2D eigenvalue weighted by Crippen LogP contribution is 2.27. The Hall–Kier alpha value is -2.98. The van der Waals surface area contributed by atoms with Crippen molar-refractivity contribution in [3.05, 3.63) is 35.9 Å². The van der Waals surface area contributed by atoms with E-state index in [9.17, 15) is 19.2 Å². The van der Waals surface area contributed by atoms with Gasteiger partial charge in [0.05, 0.1) is 0 Å². The van der Waals surface area contributed by atoms with E-state index in [0.29, 0.717) is 12.8 Å². The van der Waals surface area contributed by atoms with Crippen LogP contribution in [0.4, 0.5) is 0 Å². The Morgan fingerprint density at radius 3 is 1.79 bits per heavy atom. The molecule has 0 bridgehead atoms. The summed E-state index contributed by atoms with van der Waals surface area (Å²) < 4.78 is 5.85. The first-order chi connectivity index (χ1) is 17.6. The van der Waals surface area contributed by atoms with E-state index in [1.807, 2.05) is 30.3 Å². The highest BCUT2D eigenvalue weighted by atomic mass is 16.7. The number of ether oxygens (including phenoxy) is 1. The molecule has 1 saturated heterocycles. The molecule has 210 valence electrons. The Morgan fingerprint density at radius 2 is 1.21 bits per heavy atom. The van der Waals surface area contributed by atoms with Crippen molar-refractivity contribution in [1.82, 2.24) is 21.4 Å². The lowest BCUT2D eigenvalue weighted by Gasteiger charge is -2.39. The van der Waals surface area contributed by atoms with Crippen LogP contribution in [0.3, 0.4) is 0 Å². The molecule has 0 unspecified atom stereocenters. The molecule has 1 aromatic rings. The summed E-state index contributed by atoms with van der Waals surface area (Å²) in [6.45, 7) is 11.0. The Balaban J connectivity index is 2.00. The minimum absolute atomic E-state index is 0.273. The van der Waals surface area contributed by atoms with Crippen LogP contribution in [-0.4, -0.2) is 58.1 Å². The number of carbonyl (C=O) groups is 4. The zero-order chi connectivity index (χ0) is 28.4. The van der Waals surface area contributed by atoms with Crippen molar-refractivity contribution >= 4 is 23.7 Å². The number of nitrogens with one attached hydrogen (secondary N) is 4. The van der Waals surface area contributed by atoms with Crippen LogP contribution in [-0.2, 0) is 35.2 Å². The van der Waals surface area contributed by atoms with Crippen LogP contribution in [0.2, 0.25) is 0 Å². The van der Waals surface area contributed by atoms with Gasteiger partial charge in [-0.05, 0) is 73.3 Å². The molecule has 3 amide bonds. The second kappa shape index (κ2) is 11.0. The number of benzene rings is 1. The van der Waals surface area contributed by atoms with E-state index in [1.54, 1.807) is 34.6 Å². The quantitative estimate of drug-likeness (QED) is 0.430. The summed E-state index contributed by atoms with van der Waals surface area (Å²) >= 11 is 0. The molecular weight excluding hydrogens is 488 g/mol. The Kier molecular flexibility index (Phi) is 8.58. The SMILES string of the molecule is CC1(C)NC(=O)C(C)(C)NC(=O)[C@@](C)(Cc2ccccc2)NO[C@H]2CCCC[C@@H]2OC(=O)C(C)(C)NC1=O. The highest BCUT2D eigenvalue weighted by molar-refractivity contribution is 5.98. The van der Waals surface area contributed by atoms with Gasteiger partial charge in [-0.2, -0.15) is 5.48 Å². The van der Waals surface area contributed by atoms with Crippen LogP contribution in [0.25, 0.3) is 0 Å². The summed E-state index contributed by atoms with van der Waals surface area (Å²) in [5.74, 6) is -2.19.